The van der Waals surface area contributed by atoms with Crippen molar-refractivity contribution in [1.82, 2.24) is 5.06 Å². The molecule has 0 amide bonds. The van der Waals surface area contributed by atoms with E-state index in [9.17, 15) is 0 Å². The predicted octanol–water partition coefficient (Wildman–Crippen LogP) is 1.93. The average molecular weight is 281 g/mol. The summed E-state index contributed by atoms with van der Waals surface area (Å²) in [4.78, 5) is 23.9. The molecule has 0 radical (unpaired) electrons. The molecule has 6 heteroatoms. The van der Waals surface area contributed by atoms with E-state index >= 15 is 0 Å². The number of carbonyl (C=O) groups is 2. The highest BCUT2D eigenvalue weighted by atomic mass is 16.7. The molecule has 110 valence electrons. The summed E-state index contributed by atoms with van der Waals surface area (Å²) in [5.74, 6) is -2.69. The van der Waals surface area contributed by atoms with Crippen molar-refractivity contribution in [2.75, 3.05) is 13.1 Å². The lowest BCUT2D eigenvalue weighted by atomic mass is 10.2. The van der Waals surface area contributed by atoms with Gasteiger partial charge in [0.2, 0.25) is 0 Å². The van der Waals surface area contributed by atoms with Gasteiger partial charge >= 0.3 is 11.9 Å². The van der Waals surface area contributed by atoms with Crippen molar-refractivity contribution in [1.29, 1.82) is 0 Å². The number of piperidine rings is 1. The second-order valence-corrected chi connectivity index (χ2v) is 4.50. The molecule has 1 saturated heterocycles. The first-order valence-electron chi connectivity index (χ1n) is 6.45. The molecule has 2 rings (SSSR count). The fourth-order valence-electron chi connectivity index (χ4n) is 1.70. The molecular weight excluding hydrogens is 262 g/mol. The molecule has 0 aromatic heterocycles. The van der Waals surface area contributed by atoms with Gasteiger partial charge in [-0.25, -0.2) is 9.59 Å². The summed E-state index contributed by atoms with van der Waals surface area (Å²) in [6, 6.07) is 8.23. The molecule has 0 aliphatic carbocycles. The van der Waals surface area contributed by atoms with Crippen LogP contribution in [-0.4, -0.2) is 40.3 Å². The SMILES string of the molecule is Cc1ccc(ON2CCCCC2)cc1.O=C(O)C(=O)O. The standard InChI is InChI=1S/C12H17NO.C2H2O4/c1-11-5-7-12(8-6-11)14-13-9-3-2-4-10-13;3-1(4)2(5)6/h5-8H,2-4,9-10H2,1H3;(H,3,4)(H,5,6). The van der Waals surface area contributed by atoms with Gasteiger partial charge in [0.1, 0.15) is 5.75 Å². The topological polar surface area (TPSA) is 87.1 Å². The first kappa shape index (κ1) is 16.0. The second-order valence-electron chi connectivity index (χ2n) is 4.50. The average Bonchev–Trinajstić information content (AvgIpc) is 2.43. The second kappa shape index (κ2) is 8.16. The Morgan fingerprint density at radius 3 is 1.95 bits per heavy atom. The van der Waals surface area contributed by atoms with E-state index in [0.717, 1.165) is 18.8 Å². The zero-order valence-corrected chi connectivity index (χ0v) is 11.4. The van der Waals surface area contributed by atoms with Crippen LogP contribution < -0.4 is 4.84 Å². The van der Waals surface area contributed by atoms with E-state index < -0.39 is 11.9 Å². The summed E-state index contributed by atoms with van der Waals surface area (Å²) in [6.07, 6.45) is 3.85. The van der Waals surface area contributed by atoms with Crippen molar-refractivity contribution in [3.8, 4) is 5.75 Å². The van der Waals surface area contributed by atoms with Crippen molar-refractivity contribution < 1.29 is 24.6 Å². The van der Waals surface area contributed by atoms with Crippen LogP contribution >= 0.6 is 0 Å². The van der Waals surface area contributed by atoms with Crippen LogP contribution in [0.5, 0.6) is 5.75 Å². The Kier molecular flexibility index (Phi) is 6.52. The van der Waals surface area contributed by atoms with Crippen molar-refractivity contribution in [3.05, 3.63) is 29.8 Å². The third-order valence-electron chi connectivity index (χ3n) is 2.75. The lowest BCUT2D eigenvalue weighted by molar-refractivity contribution is -0.159. The smallest absolute Gasteiger partial charge is 0.414 e. The Labute approximate surface area is 117 Å². The molecule has 20 heavy (non-hydrogen) atoms. The highest BCUT2D eigenvalue weighted by molar-refractivity contribution is 6.27. The summed E-state index contributed by atoms with van der Waals surface area (Å²) in [6.45, 7) is 4.21. The van der Waals surface area contributed by atoms with E-state index in [2.05, 4.69) is 24.1 Å². The van der Waals surface area contributed by atoms with Gasteiger partial charge in [0.15, 0.2) is 0 Å². The molecule has 1 fully saturated rings. The number of carboxylic acid groups (broad SMARTS) is 2. The zero-order chi connectivity index (χ0) is 15.0. The number of rotatable bonds is 2. The van der Waals surface area contributed by atoms with E-state index in [1.165, 1.54) is 24.8 Å². The van der Waals surface area contributed by atoms with Gasteiger partial charge in [-0.3, -0.25) is 0 Å². The summed E-state index contributed by atoms with van der Waals surface area (Å²) in [5.41, 5.74) is 1.27. The minimum absolute atomic E-state index is 0.956. The summed E-state index contributed by atoms with van der Waals surface area (Å²) in [5, 5.41) is 16.8. The largest absolute Gasteiger partial charge is 0.473 e. The van der Waals surface area contributed by atoms with Gasteiger partial charge in [-0.2, -0.15) is 0 Å². The van der Waals surface area contributed by atoms with Crippen LogP contribution in [0.3, 0.4) is 0 Å². The molecule has 0 saturated carbocycles. The zero-order valence-electron chi connectivity index (χ0n) is 11.4. The Bertz CT molecular complexity index is 425. The van der Waals surface area contributed by atoms with Crippen molar-refractivity contribution in [3.63, 3.8) is 0 Å². The monoisotopic (exact) mass is 281 g/mol. The maximum atomic E-state index is 9.10. The van der Waals surface area contributed by atoms with Crippen LogP contribution in [0.1, 0.15) is 24.8 Å². The summed E-state index contributed by atoms with van der Waals surface area (Å²) < 4.78 is 0. The van der Waals surface area contributed by atoms with Crippen LogP contribution in [0, 0.1) is 6.92 Å². The van der Waals surface area contributed by atoms with Crippen LogP contribution in [-0.2, 0) is 9.59 Å². The first-order chi connectivity index (χ1) is 9.49. The van der Waals surface area contributed by atoms with Gasteiger partial charge < -0.3 is 15.1 Å². The van der Waals surface area contributed by atoms with Gasteiger partial charge in [0, 0.05) is 13.1 Å². The number of aryl methyl sites for hydroxylation is 1. The number of hydrogen-bond donors (Lipinski definition) is 2. The fraction of sp³-hybridized carbons (Fsp3) is 0.429. The number of hydrogen-bond acceptors (Lipinski definition) is 4. The minimum Gasteiger partial charge on any atom is -0.473 e. The molecule has 1 aromatic carbocycles. The van der Waals surface area contributed by atoms with Crippen molar-refractivity contribution in [2.24, 2.45) is 0 Å². The number of hydroxylamine groups is 2. The number of carboxylic acids is 2. The van der Waals surface area contributed by atoms with Crippen LogP contribution in [0.25, 0.3) is 0 Å². The van der Waals surface area contributed by atoms with Gasteiger partial charge in [-0.1, -0.05) is 24.1 Å². The normalized spacial score (nSPS) is 14.8. The highest BCUT2D eigenvalue weighted by Gasteiger charge is 2.11. The molecule has 1 aliphatic heterocycles. The fourth-order valence-corrected chi connectivity index (χ4v) is 1.70. The lowest BCUT2D eigenvalue weighted by Gasteiger charge is -2.25. The maximum Gasteiger partial charge on any atom is 0.414 e. The molecule has 0 bridgehead atoms. The quantitative estimate of drug-likeness (QED) is 0.805. The molecule has 0 atom stereocenters. The Hall–Kier alpha value is -2.08. The van der Waals surface area contributed by atoms with E-state index in [1.807, 2.05) is 12.1 Å². The van der Waals surface area contributed by atoms with Crippen molar-refractivity contribution in [2.45, 2.75) is 26.2 Å². The van der Waals surface area contributed by atoms with E-state index in [-0.39, 0.29) is 0 Å². The maximum absolute atomic E-state index is 9.10. The van der Waals surface area contributed by atoms with Crippen LogP contribution in [0.4, 0.5) is 0 Å². The molecular formula is C14H19NO5. The van der Waals surface area contributed by atoms with Gasteiger partial charge in [-0.05, 0) is 31.9 Å². The van der Waals surface area contributed by atoms with E-state index in [4.69, 9.17) is 24.6 Å². The molecule has 2 N–H and O–H groups in total. The molecule has 1 aromatic rings. The first-order valence-corrected chi connectivity index (χ1v) is 6.45. The van der Waals surface area contributed by atoms with Crippen molar-refractivity contribution >= 4 is 11.9 Å². The molecule has 0 spiro atoms. The van der Waals surface area contributed by atoms with Crippen LogP contribution in [0.2, 0.25) is 0 Å². The number of aliphatic carboxylic acids is 2. The Balaban J connectivity index is 0.000000286. The highest BCUT2D eigenvalue weighted by Crippen LogP contribution is 2.16. The van der Waals surface area contributed by atoms with Gasteiger partial charge in [0.05, 0.1) is 0 Å². The minimum atomic E-state index is -1.82. The van der Waals surface area contributed by atoms with E-state index in [0.29, 0.717) is 0 Å². The predicted molar refractivity (Wildman–Crippen MR) is 72.5 cm³/mol. The van der Waals surface area contributed by atoms with Gasteiger partial charge in [-0.15, -0.1) is 5.06 Å². The molecule has 1 aliphatic rings. The van der Waals surface area contributed by atoms with Gasteiger partial charge in [0.25, 0.3) is 0 Å². The van der Waals surface area contributed by atoms with E-state index in [1.54, 1.807) is 0 Å². The molecule has 0 unspecified atom stereocenters. The Morgan fingerprint density at radius 2 is 1.50 bits per heavy atom. The Morgan fingerprint density at radius 1 is 1.00 bits per heavy atom. The third kappa shape index (κ3) is 6.19. The summed E-state index contributed by atoms with van der Waals surface area (Å²) in [7, 11) is 0. The van der Waals surface area contributed by atoms with Crippen LogP contribution in [0.15, 0.2) is 24.3 Å². The number of nitrogens with zero attached hydrogens (tertiary/aromatic N) is 1. The number of benzene rings is 1. The summed E-state index contributed by atoms with van der Waals surface area (Å²) >= 11 is 0. The third-order valence-corrected chi connectivity index (χ3v) is 2.75. The molecule has 6 nitrogen and oxygen atoms in total. The lowest BCUT2D eigenvalue weighted by Crippen LogP contribution is -2.32. The molecule has 1 heterocycles.